The molecule has 1 saturated heterocycles. The second kappa shape index (κ2) is 11.2. The van der Waals surface area contributed by atoms with Crippen molar-refractivity contribution in [2.24, 2.45) is 11.3 Å². The van der Waals surface area contributed by atoms with Gasteiger partial charge in [-0.2, -0.15) is 0 Å². The number of hydrogen-bond acceptors (Lipinski definition) is 5. The Balaban J connectivity index is 1.79. The predicted molar refractivity (Wildman–Crippen MR) is 156 cm³/mol. The van der Waals surface area contributed by atoms with Crippen LogP contribution in [0.5, 0.6) is 5.75 Å². The number of nitrogens with one attached hydrogen (secondary N) is 1. The van der Waals surface area contributed by atoms with E-state index in [9.17, 15) is 19.8 Å². The number of rotatable bonds is 8. The molecular formula is C33H46N2O5. The molecule has 0 spiro atoms. The van der Waals surface area contributed by atoms with Gasteiger partial charge in [-0.05, 0) is 47.3 Å². The van der Waals surface area contributed by atoms with Crippen molar-refractivity contribution >= 4 is 11.9 Å². The zero-order valence-corrected chi connectivity index (χ0v) is 25.0. The van der Waals surface area contributed by atoms with Gasteiger partial charge in [0, 0.05) is 24.1 Å². The quantitative estimate of drug-likeness (QED) is 0.404. The van der Waals surface area contributed by atoms with Gasteiger partial charge in [0.1, 0.15) is 11.8 Å². The third-order valence-electron chi connectivity index (χ3n) is 8.79. The van der Waals surface area contributed by atoms with Gasteiger partial charge >= 0.3 is 5.97 Å². The summed E-state index contributed by atoms with van der Waals surface area (Å²) < 4.78 is 5.70. The number of ether oxygens (including phenoxy) is 1. The van der Waals surface area contributed by atoms with E-state index < -0.39 is 35.0 Å². The van der Waals surface area contributed by atoms with Gasteiger partial charge in [0.15, 0.2) is 0 Å². The van der Waals surface area contributed by atoms with Crippen LogP contribution < -0.4 is 10.1 Å². The molecule has 3 N–H and O–H groups in total. The summed E-state index contributed by atoms with van der Waals surface area (Å²) in [5, 5.41) is 25.2. The Morgan fingerprint density at radius 3 is 2.20 bits per heavy atom. The molecule has 2 aromatic rings. The van der Waals surface area contributed by atoms with Crippen LogP contribution in [0.3, 0.4) is 0 Å². The predicted octanol–water partition coefficient (Wildman–Crippen LogP) is 5.46. The smallest absolute Gasteiger partial charge is 0.326 e. The lowest BCUT2D eigenvalue weighted by atomic mass is 9.72. The van der Waals surface area contributed by atoms with Crippen LogP contribution in [0.15, 0.2) is 48.5 Å². The van der Waals surface area contributed by atoms with Crippen LogP contribution in [0, 0.1) is 11.3 Å². The summed E-state index contributed by atoms with van der Waals surface area (Å²) >= 11 is 0. The van der Waals surface area contributed by atoms with Gasteiger partial charge in [-0.25, -0.2) is 4.79 Å². The lowest BCUT2D eigenvalue weighted by Gasteiger charge is -2.39. The average molecular weight is 551 g/mol. The van der Waals surface area contributed by atoms with Crippen molar-refractivity contribution in [3.05, 3.63) is 65.2 Å². The van der Waals surface area contributed by atoms with Crippen LogP contribution >= 0.6 is 0 Å². The van der Waals surface area contributed by atoms with Gasteiger partial charge in [0.2, 0.25) is 5.91 Å². The highest BCUT2D eigenvalue weighted by Crippen LogP contribution is 2.49. The fraction of sp³-hybridized carbons (Fsp3) is 0.576. The standard InChI is InChI=1S/C33H46N2O5/c1-31(2,3)23-14-15-24(40-7)22(18-23)20-34-27-26(32(4,5)6)29(30(37)38)35(25(36)19-33(39)16-11-17-33)28(27)21-12-9-8-10-13-21/h8-10,12-15,18,26-29,34,39H,11,16-17,19-20H2,1-7H3,(H,37,38)/t26-,27-,28-,29-/m0/s1. The highest BCUT2D eigenvalue weighted by atomic mass is 16.5. The van der Waals surface area contributed by atoms with Gasteiger partial charge in [-0.1, -0.05) is 84.0 Å². The largest absolute Gasteiger partial charge is 0.496 e. The molecule has 1 aliphatic heterocycles. The molecular weight excluding hydrogens is 504 g/mol. The van der Waals surface area contributed by atoms with Crippen molar-refractivity contribution in [2.45, 2.75) is 103 Å². The lowest BCUT2D eigenvalue weighted by Crippen LogP contribution is -2.50. The monoisotopic (exact) mass is 550 g/mol. The van der Waals surface area contributed by atoms with Crippen molar-refractivity contribution in [3.63, 3.8) is 0 Å². The minimum atomic E-state index is -1.05. The number of methoxy groups -OCH3 is 1. The summed E-state index contributed by atoms with van der Waals surface area (Å²) in [4.78, 5) is 28.5. The molecule has 2 fully saturated rings. The number of hydrogen-bond donors (Lipinski definition) is 3. The Kier molecular flexibility index (Phi) is 8.40. The van der Waals surface area contributed by atoms with E-state index in [4.69, 9.17) is 4.74 Å². The zero-order chi connectivity index (χ0) is 29.5. The molecule has 0 aromatic heterocycles. The number of carboxylic acids is 1. The molecule has 1 saturated carbocycles. The van der Waals surface area contributed by atoms with E-state index in [-0.39, 0.29) is 23.8 Å². The summed E-state index contributed by atoms with van der Waals surface area (Å²) in [6.45, 7) is 13.1. The van der Waals surface area contributed by atoms with Crippen molar-refractivity contribution in [1.82, 2.24) is 10.2 Å². The minimum absolute atomic E-state index is 0.0473. The number of aliphatic carboxylic acids is 1. The maximum atomic E-state index is 14.0. The Labute approximate surface area is 238 Å². The first kappa shape index (κ1) is 30.1. The zero-order valence-electron chi connectivity index (χ0n) is 25.0. The van der Waals surface area contributed by atoms with E-state index in [1.165, 1.54) is 5.56 Å². The molecule has 0 bridgehead atoms. The number of nitrogens with zero attached hydrogens (tertiary/aromatic N) is 1. The number of benzene rings is 2. The summed E-state index contributed by atoms with van der Waals surface area (Å²) in [5.41, 5.74) is 1.50. The van der Waals surface area contributed by atoms with Crippen LogP contribution in [-0.2, 0) is 21.5 Å². The molecule has 0 unspecified atom stereocenters. The van der Waals surface area contributed by atoms with E-state index in [2.05, 4.69) is 38.2 Å². The van der Waals surface area contributed by atoms with Crippen LogP contribution in [-0.4, -0.2) is 51.8 Å². The summed E-state index contributed by atoms with van der Waals surface area (Å²) in [6, 6.07) is 14.0. The first-order valence-corrected chi connectivity index (χ1v) is 14.4. The Morgan fingerprint density at radius 1 is 1.05 bits per heavy atom. The molecule has 218 valence electrons. The van der Waals surface area contributed by atoms with Crippen LogP contribution in [0.4, 0.5) is 0 Å². The third-order valence-corrected chi connectivity index (χ3v) is 8.79. The van der Waals surface area contributed by atoms with Gasteiger partial charge in [-0.15, -0.1) is 0 Å². The maximum Gasteiger partial charge on any atom is 0.326 e. The van der Waals surface area contributed by atoms with E-state index in [0.29, 0.717) is 19.4 Å². The van der Waals surface area contributed by atoms with Gasteiger partial charge < -0.3 is 25.2 Å². The fourth-order valence-corrected chi connectivity index (χ4v) is 6.51. The summed E-state index contributed by atoms with van der Waals surface area (Å²) in [6.07, 6.45) is 1.94. The molecule has 1 amide bonds. The van der Waals surface area contributed by atoms with E-state index in [0.717, 1.165) is 23.3 Å². The van der Waals surface area contributed by atoms with Crippen molar-refractivity contribution in [1.29, 1.82) is 0 Å². The molecule has 1 aliphatic carbocycles. The fourth-order valence-electron chi connectivity index (χ4n) is 6.51. The molecule has 2 aromatic carbocycles. The number of carbonyl (C=O) groups is 2. The summed E-state index contributed by atoms with van der Waals surface area (Å²) in [7, 11) is 1.65. The van der Waals surface area contributed by atoms with Crippen molar-refractivity contribution in [2.75, 3.05) is 7.11 Å². The minimum Gasteiger partial charge on any atom is -0.496 e. The van der Waals surface area contributed by atoms with Crippen molar-refractivity contribution in [3.8, 4) is 5.75 Å². The average Bonchev–Trinajstić information content (AvgIpc) is 3.22. The second-order valence-electron chi connectivity index (χ2n) is 13.8. The Hall–Kier alpha value is -2.90. The highest BCUT2D eigenvalue weighted by Gasteiger charge is 2.58. The van der Waals surface area contributed by atoms with Crippen LogP contribution in [0.25, 0.3) is 0 Å². The topological polar surface area (TPSA) is 99.1 Å². The van der Waals surface area contributed by atoms with Crippen LogP contribution in [0.2, 0.25) is 0 Å². The number of likely N-dealkylation sites (tertiary alicyclic amines) is 1. The SMILES string of the molecule is COc1ccc(C(C)(C)C)cc1CN[C@H]1[C@H](C(C)(C)C)[C@@H](C(=O)O)N(C(=O)CC2(O)CCC2)[C@H]1c1ccccc1. The highest BCUT2D eigenvalue weighted by molar-refractivity contribution is 5.86. The number of amides is 1. The van der Waals surface area contributed by atoms with Crippen molar-refractivity contribution < 1.29 is 24.5 Å². The first-order chi connectivity index (χ1) is 18.7. The summed E-state index contributed by atoms with van der Waals surface area (Å²) in [5.74, 6) is -0.968. The molecule has 1 heterocycles. The first-order valence-electron chi connectivity index (χ1n) is 14.4. The lowest BCUT2D eigenvalue weighted by molar-refractivity contribution is -0.156. The molecule has 7 heteroatoms. The van der Waals surface area contributed by atoms with Gasteiger partial charge in [0.25, 0.3) is 0 Å². The Morgan fingerprint density at radius 2 is 1.70 bits per heavy atom. The number of aliphatic hydroxyl groups is 1. The molecule has 4 atom stereocenters. The number of carbonyl (C=O) groups excluding carboxylic acids is 1. The maximum absolute atomic E-state index is 14.0. The molecule has 4 rings (SSSR count). The van der Waals surface area contributed by atoms with Gasteiger partial charge in [-0.3, -0.25) is 4.79 Å². The number of carboxylic acid groups (broad SMARTS) is 1. The molecule has 0 radical (unpaired) electrons. The molecule has 7 nitrogen and oxygen atoms in total. The van der Waals surface area contributed by atoms with E-state index in [1.807, 2.05) is 57.2 Å². The van der Waals surface area contributed by atoms with Crippen LogP contribution in [0.1, 0.15) is 90.0 Å². The van der Waals surface area contributed by atoms with E-state index >= 15 is 0 Å². The van der Waals surface area contributed by atoms with E-state index in [1.54, 1.807) is 12.0 Å². The second-order valence-corrected chi connectivity index (χ2v) is 13.8. The molecule has 2 aliphatic rings. The normalized spacial score (nSPS) is 24.4. The van der Waals surface area contributed by atoms with Gasteiger partial charge in [0.05, 0.1) is 25.2 Å². The Bertz CT molecular complexity index is 1210. The molecule has 40 heavy (non-hydrogen) atoms. The third kappa shape index (κ3) is 6.06.